The number of carbonyl (C=O) groups is 1. The van der Waals surface area contributed by atoms with Gasteiger partial charge >= 0.3 is 5.97 Å². The summed E-state index contributed by atoms with van der Waals surface area (Å²) in [5.41, 5.74) is 0.0868. The Labute approximate surface area is 119 Å². The molecule has 0 bridgehead atoms. The van der Waals surface area contributed by atoms with Crippen LogP contribution in [-0.2, 0) is 10.0 Å². The van der Waals surface area contributed by atoms with E-state index in [-0.39, 0.29) is 22.5 Å². The maximum atomic E-state index is 12.7. The van der Waals surface area contributed by atoms with E-state index in [1.54, 1.807) is 4.31 Å². The van der Waals surface area contributed by atoms with Crippen molar-refractivity contribution in [3.8, 4) is 0 Å². The van der Waals surface area contributed by atoms with Gasteiger partial charge in [0.25, 0.3) is 0 Å². The van der Waals surface area contributed by atoms with Crippen LogP contribution in [-0.4, -0.2) is 35.9 Å². The largest absolute Gasteiger partial charge is 0.478 e. The predicted molar refractivity (Wildman–Crippen MR) is 75.2 cm³/mol. The van der Waals surface area contributed by atoms with E-state index in [1.807, 2.05) is 13.8 Å². The zero-order valence-electron chi connectivity index (χ0n) is 11.6. The Morgan fingerprint density at radius 2 is 1.65 bits per heavy atom. The van der Waals surface area contributed by atoms with Crippen LogP contribution in [0.5, 0.6) is 0 Å². The highest BCUT2D eigenvalue weighted by atomic mass is 32.2. The summed E-state index contributed by atoms with van der Waals surface area (Å²) in [5.74, 6) is -1.06. The molecule has 1 aliphatic heterocycles. The maximum Gasteiger partial charge on any atom is 0.335 e. The second-order valence-electron chi connectivity index (χ2n) is 5.29. The summed E-state index contributed by atoms with van der Waals surface area (Å²) in [7, 11) is -3.56. The van der Waals surface area contributed by atoms with Crippen LogP contribution in [0.25, 0.3) is 0 Å². The molecule has 0 radical (unpaired) electrons. The summed E-state index contributed by atoms with van der Waals surface area (Å²) < 4.78 is 26.9. The lowest BCUT2D eigenvalue weighted by molar-refractivity contribution is 0.0696. The Morgan fingerprint density at radius 3 is 2.10 bits per heavy atom. The molecule has 1 aliphatic rings. The number of nitrogens with zero attached hydrogens (tertiary/aromatic N) is 1. The summed E-state index contributed by atoms with van der Waals surface area (Å²) in [5, 5.41) is 8.85. The quantitative estimate of drug-likeness (QED) is 0.929. The first-order valence-electron chi connectivity index (χ1n) is 6.71. The van der Waals surface area contributed by atoms with Crippen LogP contribution in [0.2, 0.25) is 0 Å². The monoisotopic (exact) mass is 297 g/mol. The number of carboxylic acids is 1. The van der Waals surface area contributed by atoms with E-state index in [9.17, 15) is 13.2 Å². The summed E-state index contributed by atoms with van der Waals surface area (Å²) in [6, 6.07) is 5.34. The molecule has 5 nitrogen and oxygen atoms in total. The van der Waals surface area contributed by atoms with Crippen LogP contribution >= 0.6 is 0 Å². The minimum atomic E-state index is -3.56. The number of piperidine rings is 1. The number of aromatic carboxylic acids is 1. The maximum absolute atomic E-state index is 12.7. The summed E-state index contributed by atoms with van der Waals surface area (Å²) in [6.07, 6.45) is 2.75. The molecule has 0 unspecified atom stereocenters. The lowest BCUT2D eigenvalue weighted by atomic mass is 10.0. The van der Waals surface area contributed by atoms with Crippen molar-refractivity contribution < 1.29 is 18.3 Å². The SMILES string of the molecule is C[C@@H]1CCC[C@@H](C)N1S(=O)(=O)c1ccc(C(=O)O)cc1. The molecule has 0 saturated carbocycles. The van der Waals surface area contributed by atoms with E-state index in [2.05, 4.69) is 0 Å². The van der Waals surface area contributed by atoms with Gasteiger partial charge in [0.2, 0.25) is 10.0 Å². The van der Waals surface area contributed by atoms with E-state index in [1.165, 1.54) is 24.3 Å². The number of hydrogen-bond acceptors (Lipinski definition) is 3. The number of carboxylic acid groups (broad SMARTS) is 1. The van der Waals surface area contributed by atoms with E-state index >= 15 is 0 Å². The molecule has 0 aromatic heterocycles. The molecule has 2 rings (SSSR count). The van der Waals surface area contributed by atoms with Gasteiger partial charge in [-0.2, -0.15) is 4.31 Å². The number of sulfonamides is 1. The normalized spacial score (nSPS) is 24.5. The van der Waals surface area contributed by atoms with Crippen LogP contribution in [0.3, 0.4) is 0 Å². The molecule has 2 atom stereocenters. The topological polar surface area (TPSA) is 74.7 Å². The van der Waals surface area contributed by atoms with Gasteiger partial charge in [0.1, 0.15) is 0 Å². The van der Waals surface area contributed by atoms with E-state index in [0.29, 0.717) is 0 Å². The minimum absolute atomic E-state index is 0.0251. The average Bonchev–Trinajstić information content (AvgIpc) is 2.38. The molecule has 6 heteroatoms. The van der Waals surface area contributed by atoms with E-state index < -0.39 is 16.0 Å². The van der Waals surface area contributed by atoms with Gasteiger partial charge in [-0.25, -0.2) is 13.2 Å². The fourth-order valence-corrected chi connectivity index (χ4v) is 4.64. The fraction of sp³-hybridized carbons (Fsp3) is 0.500. The zero-order valence-corrected chi connectivity index (χ0v) is 12.4. The van der Waals surface area contributed by atoms with Crippen LogP contribution in [0.4, 0.5) is 0 Å². The highest BCUT2D eigenvalue weighted by molar-refractivity contribution is 7.89. The smallest absolute Gasteiger partial charge is 0.335 e. The van der Waals surface area contributed by atoms with Crippen molar-refractivity contribution in [2.24, 2.45) is 0 Å². The fourth-order valence-electron chi connectivity index (χ4n) is 2.76. The van der Waals surface area contributed by atoms with Crippen molar-refractivity contribution in [1.29, 1.82) is 0 Å². The van der Waals surface area contributed by atoms with Crippen LogP contribution in [0.15, 0.2) is 29.2 Å². The van der Waals surface area contributed by atoms with Crippen molar-refractivity contribution >= 4 is 16.0 Å². The molecule has 1 heterocycles. The molecular formula is C14H19NO4S. The van der Waals surface area contributed by atoms with E-state index in [4.69, 9.17) is 5.11 Å². The molecule has 1 aromatic rings. The zero-order chi connectivity index (χ0) is 14.9. The van der Waals surface area contributed by atoms with Crippen molar-refractivity contribution in [1.82, 2.24) is 4.31 Å². The number of hydrogen-bond donors (Lipinski definition) is 1. The lowest BCUT2D eigenvalue weighted by Crippen LogP contribution is -2.47. The molecule has 1 saturated heterocycles. The third-order valence-electron chi connectivity index (χ3n) is 3.79. The van der Waals surface area contributed by atoms with Crippen LogP contribution in [0.1, 0.15) is 43.5 Å². The van der Waals surface area contributed by atoms with Gasteiger partial charge in [-0.1, -0.05) is 6.42 Å². The molecule has 0 aliphatic carbocycles. The third kappa shape index (κ3) is 2.71. The van der Waals surface area contributed by atoms with Crippen molar-refractivity contribution in [2.45, 2.75) is 50.1 Å². The van der Waals surface area contributed by atoms with Crippen molar-refractivity contribution in [2.75, 3.05) is 0 Å². The predicted octanol–water partition coefficient (Wildman–Crippen LogP) is 2.34. The van der Waals surface area contributed by atoms with Gasteiger partial charge in [-0.15, -0.1) is 0 Å². The standard InChI is InChI=1S/C14H19NO4S/c1-10-4-3-5-11(2)15(10)20(18,19)13-8-6-12(7-9-13)14(16)17/h6-11H,3-5H2,1-2H3,(H,16,17)/t10-,11-/m1/s1. The molecule has 0 amide bonds. The first-order chi connectivity index (χ1) is 9.34. The molecule has 1 aromatic carbocycles. The first kappa shape index (κ1) is 15.0. The summed E-state index contributed by atoms with van der Waals surface area (Å²) in [6.45, 7) is 3.83. The Kier molecular flexibility index (Phi) is 4.15. The summed E-state index contributed by atoms with van der Waals surface area (Å²) >= 11 is 0. The van der Waals surface area contributed by atoms with Gasteiger partial charge in [0, 0.05) is 12.1 Å². The van der Waals surface area contributed by atoms with Gasteiger partial charge in [-0.3, -0.25) is 0 Å². The molecule has 0 spiro atoms. The second-order valence-corrected chi connectivity index (χ2v) is 7.14. The van der Waals surface area contributed by atoms with Gasteiger partial charge in [-0.05, 0) is 51.0 Å². The van der Waals surface area contributed by atoms with E-state index in [0.717, 1.165) is 19.3 Å². The highest BCUT2D eigenvalue weighted by Crippen LogP contribution is 2.29. The lowest BCUT2D eigenvalue weighted by Gasteiger charge is -2.37. The number of benzene rings is 1. The highest BCUT2D eigenvalue weighted by Gasteiger charge is 2.35. The molecule has 110 valence electrons. The molecule has 1 N–H and O–H groups in total. The second kappa shape index (κ2) is 5.54. The van der Waals surface area contributed by atoms with Crippen LogP contribution in [0, 0.1) is 0 Å². The third-order valence-corrected chi connectivity index (χ3v) is 5.93. The number of rotatable bonds is 3. The molecule has 20 heavy (non-hydrogen) atoms. The minimum Gasteiger partial charge on any atom is -0.478 e. The Balaban J connectivity index is 2.36. The van der Waals surface area contributed by atoms with Gasteiger partial charge in [0.05, 0.1) is 10.5 Å². The first-order valence-corrected chi connectivity index (χ1v) is 8.15. The molecule has 1 fully saturated rings. The Morgan fingerprint density at radius 1 is 1.15 bits per heavy atom. The van der Waals surface area contributed by atoms with Gasteiger partial charge in [0.15, 0.2) is 0 Å². The van der Waals surface area contributed by atoms with Crippen LogP contribution < -0.4 is 0 Å². The Bertz CT molecular complexity index is 584. The Hall–Kier alpha value is -1.40. The molecular weight excluding hydrogens is 278 g/mol. The average molecular weight is 297 g/mol. The van der Waals surface area contributed by atoms with Crippen molar-refractivity contribution in [3.63, 3.8) is 0 Å². The van der Waals surface area contributed by atoms with Crippen molar-refractivity contribution in [3.05, 3.63) is 29.8 Å². The van der Waals surface area contributed by atoms with Gasteiger partial charge < -0.3 is 5.11 Å². The summed E-state index contributed by atoms with van der Waals surface area (Å²) in [4.78, 5) is 11.0.